The van der Waals surface area contributed by atoms with Crippen molar-refractivity contribution in [1.29, 1.82) is 0 Å². The zero-order valence-electron chi connectivity index (χ0n) is 9.14. The van der Waals surface area contributed by atoms with Gasteiger partial charge < -0.3 is 0 Å². The minimum absolute atomic E-state index is 0.511. The van der Waals surface area contributed by atoms with Crippen molar-refractivity contribution >= 4 is 0 Å². The molecule has 0 aliphatic heterocycles. The van der Waals surface area contributed by atoms with Crippen LogP contribution in [0.15, 0.2) is 24.3 Å². The lowest BCUT2D eigenvalue weighted by Crippen LogP contribution is -2.07. The lowest BCUT2D eigenvalue weighted by molar-refractivity contribution is -0.137. The molecule has 0 saturated heterocycles. The maximum Gasteiger partial charge on any atom is 0.418 e. The first-order valence-electron chi connectivity index (χ1n) is 5.52. The first kappa shape index (κ1) is 11.4. The first-order valence-corrected chi connectivity index (χ1v) is 5.52. The SMILES string of the molecule is CC1CCC[C+]1c1ccc(C(F)(F)F)cc1. The summed E-state index contributed by atoms with van der Waals surface area (Å²) < 4.78 is 37.1. The quantitative estimate of drug-likeness (QED) is 0.622. The number of alkyl halides is 3. The van der Waals surface area contributed by atoms with E-state index in [1.807, 2.05) is 0 Å². The van der Waals surface area contributed by atoms with Gasteiger partial charge in [0, 0.05) is 42.5 Å². The fraction of sp³-hybridized carbons (Fsp3) is 0.462. The van der Waals surface area contributed by atoms with E-state index in [1.165, 1.54) is 18.1 Å². The molecule has 0 aromatic heterocycles. The number of rotatable bonds is 1. The van der Waals surface area contributed by atoms with Gasteiger partial charge in [0.05, 0.1) is 5.56 Å². The highest BCUT2D eigenvalue weighted by atomic mass is 19.4. The molecule has 1 aliphatic rings. The van der Waals surface area contributed by atoms with Crippen molar-refractivity contribution in [2.75, 3.05) is 0 Å². The first-order chi connectivity index (χ1) is 7.48. The van der Waals surface area contributed by atoms with Crippen molar-refractivity contribution < 1.29 is 13.2 Å². The number of hydrogen-bond acceptors (Lipinski definition) is 0. The Morgan fingerprint density at radius 3 is 2.25 bits per heavy atom. The standard InChI is InChI=1S/C13H14F3/c1-9-3-2-4-12(9)10-5-7-11(8-6-10)13(14,15)16/h5-9H,2-4H2,1H3/q+1. The van der Waals surface area contributed by atoms with Crippen LogP contribution >= 0.6 is 0 Å². The Morgan fingerprint density at radius 2 is 1.81 bits per heavy atom. The Kier molecular flexibility index (Phi) is 2.87. The fourth-order valence-corrected chi connectivity index (χ4v) is 2.32. The molecule has 0 heterocycles. The van der Waals surface area contributed by atoms with Crippen LogP contribution in [-0.4, -0.2) is 0 Å². The van der Waals surface area contributed by atoms with Crippen LogP contribution in [0.1, 0.15) is 37.3 Å². The van der Waals surface area contributed by atoms with Crippen molar-refractivity contribution in [2.45, 2.75) is 32.4 Å². The van der Waals surface area contributed by atoms with Crippen LogP contribution < -0.4 is 0 Å². The normalized spacial score (nSPS) is 21.5. The highest BCUT2D eigenvalue weighted by molar-refractivity contribution is 5.36. The van der Waals surface area contributed by atoms with Gasteiger partial charge in [0.25, 0.3) is 0 Å². The molecule has 1 saturated carbocycles. The molecular formula is C13H14F3+. The summed E-state index contributed by atoms with van der Waals surface area (Å²) >= 11 is 0. The van der Waals surface area contributed by atoms with E-state index in [2.05, 4.69) is 6.92 Å². The van der Waals surface area contributed by atoms with E-state index in [4.69, 9.17) is 0 Å². The lowest BCUT2D eigenvalue weighted by Gasteiger charge is -2.09. The molecule has 2 rings (SSSR count). The van der Waals surface area contributed by atoms with Crippen LogP contribution in [0.4, 0.5) is 13.2 Å². The maximum absolute atomic E-state index is 12.4. The van der Waals surface area contributed by atoms with Crippen molar-refractivity contribution in [1.82, 2.24) is 0 Å². The van der Waals surface area contributed by atoms with Gasteiger partial charge in [-0.15, -0.1) is 0 Å². The minimum Gasteiger partial charge on any atom is -0.166 e. The van der Waals surface area contributed by atoms with Gasteiger partial charge in [0.2, 0.25) is 0 Å². The summed E-state index contributed by atoms with van der Waals surface area (Å²) in [4.78, 5) is 0. The average Bonchev–Trinajstić information content (AvgIpc) is 2.63. The minimum atomic E-state index is -4.23. The number of benzene rings is 1. The number of halogens is 3. The topological polar surface area (TPSA) is 0 Å². The van der Waals surface area contributed by atoms with E-state index < -0.39 is 11.7 Å². The molecule has 1 atom stereocenters. The second-order valence-electron chi connectivity index (χ2n) is 4.39. The smallest absolute Gasteiger partial charge is 0.166 e. The molecular weight excluding hydrogens is 213 g/mol. The number of hydrogen-bond donors (Lipinski definition) is 0. The van der Waals surface area contributed by atoms with E-state index >= 15 is 0 Å². The summed E-state index contributed by atoms with van der Waals surface area (Å²) in [5.74, 6) is 1.81. The van der Waals surface area contributed by atoms with Crippen molar-refractivity contribution in [3.05, 3.63) is 41.3 Å². The summed E-state index contributed by atoms with van der Waals surface area (Å²) in [5, 5.41) is 0. The van der Waals surface area contributed by atoms with E-state index in [1.54, 1.807) is 12.1 Å². The maximum atomic E-state index is 12.4. The fourth-order valence-electron chi connectivity index (χ4n) is 2.32. The molecule has 0 radical (unpaired) electrons. The molecule has 1 aliphatic carbocycles. The Morgan fingerprint density at radius 1 is 1.19 bits per heavy atom. The van der Waals surface area contributed by atoms with Crippen LogP contribution in [0.3, 0.4) is 0 Å². The molecule has 3 heteroatoms. The molecule has 16 heavy (non-hydrogen) atoms. The van der Waals surface area contributed by atoms with Crippen molar-refractivity contribution in [3.8, 4) is 0 Å². The summed E-state index contributed by atoms with van der Waals surface area (Å²) in [5.41, 5.74) is 0.403. The summed E-state index contributed by atoms with van der Waals surface area (Å²) in [6, 6.07) is 5.54. The van der Waals surface area contributed by atoms with Crippen molar-refractivity contribution in [2.24, 2.45) is 5.92 Å². The van der Waals surface area contributed by atoms with Gasteiger partial charge in [-0.25, -0.2) is 0 Å². The molecule has 0 bridgehead atoms. The molecule has 0 spiro atoms. The summed E-state index contributed by atoms with van der Waals surface area (Å²) in [7, 11) is 0. The highest BCUT2D eigenvalue weighted by Gasteiger charge is 2.34. The largest absolute Gasteiger partial charge is 0.418 e. The third-order valence-electron chi connectivity index (χ3n) is 3.26. The van der Waals surface area contributed by atoms with Gasteiger partial charge in [-0.05, 0) is 19.8 Å². The Hall–Kier alpha value is -1.12. The molecule has 1 fully saturated rings. The summed E-state index contributed by atoms with van der Waals surface area (Å²) in [6.07, 6.45) is -0.912. The van der Waals surface area contributed by atoms with Crippen LogP contribution in [0, 0.1) is 11.8 Å². The van der Waals surface area contributed by atoms with E-state index in [9.17, 15) is 13.2 Å². The molecule has 0 amide bonds. The molecule has 86 valence electrons. The van der Waals surface area contributed by atoms with E-state index in [0.717, 1.165) is 24.8 Å². The van der Waals surface area contributed by atoms with Gasteiger partial charge in [-0.1, -0.05) is 0 Å². The monoisotopic (exact) mass is 227 g/mol. The van der Waals surface area contributed by atoms with Gasteiger partial charge >= 0.3 is 6.18 Å². The molecule has 1 unspecified atom stereocenters. The lowest BCUT2D eigenvalue weighted by atomic mass is 9.90. The Labute approximate surface area is 93.5 Å². The Bertz CT molecular complexity index is 350. The van der Waals surface area contributed by atoms with Crippen LogP contribution in [0.2, 0.25) is 0 Å². The average molecular weight is 227 g/mol. The predicted octanol–water partition coefficient (Wildman–Crippen LogP) is 4.45. The van der Waals surface area contributed by atoms with Gasteiger partial charge in [-0.3, -0.25) is 0 Å². The predicted molar refractivity (Wildman–Crippen MR) is 56.8 cm³/mol. The Balaban J connectivity index is 2.19. The molecule has 1 aromatic rings. The van der Waals surface area contributed by atoms with Gasteiger partial charge in [0.1, 0.15) is 5.56 Å². The van der Waals surface area contributed by atoms with Crippen molar-refractivity contribution in [3.63, 3.8) is 0 Å². The van der Waals surface area contributed by atoms with E-state index in [0.29, 0.717) is 5.92 Å². The second-order valence-corrected chi connectivity index (χ2v) is 4.39. The van der Waals surface area contributed by atoms with Crippen LogP contribution in [-0.2, 0) is 6.18 Å². The third-order valence-corrected chi connectivity index (χ3v) is 3.26. The van der Waals surface area contributed by atoms with E-state index in [-0.39, 0.29) is 0 Å². The van der Waals surface area contributed by atoms with Crippen LogP contribution in [0.25, 0.3) is 0 Å². The van der Waals surface area contributed by atoms with Gasteiger partial charge in [-0.2, -0.15) is 13.2 Å². The zero-order valence-corrected chi connectivity index (χ0v) is 9.14. The third kappa shape index (κ3) is 2.18. The molecule has 0 nitrogen and oxygen atoms in total. The van der Waals surface area contributed by atoms with Gasteiger partial charge in [0.15, 0.2) is 0 Å². The van der Waals surface area contributed by atoms with Crippen LogP contribution in [0.5, 0.6) is 0 Å². The highest BCUT2D eigenvalue weighted by Crippen LogP contribution is 2.39. The molecule has 1 aromatic carbocycles. The summed E-state index contributed by atoms with van der Waals surface area (Å²) in [6.45, 7) is 2.14. The second kappa shape index (κ2) is 4.04. The molecule has 0 N–H and O–H groups in total. The zero-order chi connectivity index (χ0) is 11.8.